The lowest BCUT2D eigenvalue weighted by atomic mass is 9.99. The molecule has 0 saturated carbocycles. The van der Waals surface area contributed by atoms with Crippen molar-refractivity contribution in [2.45, 2.75) is 38.3 Å². The summed E-state index contributed by atoms with van der Waals surface area (Å²) in [4.78, 5) is 0. The fourth-order valence-electron chi connectivity index (χ4n) is 2.18. The molecule has 2 N–H and O–H groups in total. The van der Waals surface area contributed by atoms with Gasteiger partial charge in [-0.05, 0) is 19.4 Å². The topological polar surface area (TPSA) is 50.7 Å². The molecule has 0 amide bonds. The van der Waals surface area contributed by atoms with Crippen molar-refractivity contribution in [1.29, 1.82) is 0 Å². The Labute approximate surface area is 122 Å². The molecule has 0 aliphatic carbocycles. The van der Waals surface area contributed by atoms with Gasteiger partial charge in [0, 0.05) is 38.3 Å². The van der Waals surface area contributed by atoms with Gasteiger partial charge in [0.15, 0.2) is 0 Å². The summed E-state index contributed by atoms with van der Waals surface area (Å²) in [7, 11) is 3.33. The molecule has 1 rings (SSSR count). The summed E-state index contributed by atoms with van der Waals surface area (Å²) in [6, 6.07) is 8.15. The minimum Gasteiger partial charge on any atom is -0.496 e. The van der Waals surface area contributed by atoms with Crippen LogP contribution >= 0.6 is 0 Å². The summed E-state index contributed by atoms with van der Waals surface area (Å²) in [5.41, 5.74) is 0.353. The third-order valence-electron chi connectivity index (χ3n) is 3.50. The van der Waals surface area contributed by atoms with E-state index < -0.39 is 5.60 Å². The largest absolute Gasteiger partial charge is 0.496 e. The summed E-state index contributed by atoms with van der Waals surface area (Å²) in [6.45, 7) is 5.02. The van der Waals surface area contributed by atoms with E-state index in [1.165, 1.54) is 0 Å². The molecule has 0 aromatic heterocycles. The number of rotatable bonds is 9. The lowest BCUT2D eigenvalue weighted by Gasteiger charge is -2.27. The average Bonchev–Trinajstić information content (AvgIpc) is 2.46. The number of benzene rings is 1. The predicted molar refractivity (Wildman–Crippen MR) is 81.1 cm³/mol. The van der Waals surface area contributed by atoms with Gasteiger partial charge < -0.3 is 19.9 Å². The summed E-state index contributed by atoms with van der Waals surface area (Å²) >= 11 is 0. The van der Waals surface area contributed by atoms with Crippen LogP contribution in [0.15, 0.2) is 24.3 Å². The molecule has 4 heteroatoms. The quantitative estimate of drug-likeness (QED) is 0.730. The second kappa shape index (κ2) is 8.25. The molecule has 0 heterocycles. The van der Waals surface area contributed by atoms with Crippen molar-refractivity contribution in [1.82, 2.24) is 5.32 Å². The van der Waals surface area contributed by atoms with Crippen molar-refractivity contribution in [2.24, 2.45) is 0 Å². The molecule has 0 bridgehead atoms. The number of hydrogen-bond donors (Lipinski definition) is 2. The second-order valence-corrected chi connectivity index (χ2v) is 5.32. The molecular weight excluding hydrogens is 254 g/mol. The van der Waals surface area contributed by atoms with E-state index in [9.17, 15) is 5.11 Å². The molecule has 0 spiro atoms. The predicted octanol–water partition coefficient (Wildman–Crippen LogP) is 2.52. The Balaban J connectivity index is 2.67. The normalized spacial score (nSPS) is 15.7. The fraction of sp³-hybridized carbons (Fsp3) is 0.625. The highest BCUT2D eigenvalue weighted by Gasteiger charge is 2.22. The number of ether oxygens (including phenoxy) is 2. The second-order valence-electron chi connectivity index (χ2n) is 5.32. The first-order valence-electron chi connectivity index (χ1n) is 7.11. The van der Waals surface area contributed by atoms with E-state index in [1.54, 1.807) is 14.2 Å². The molecular formula is C16H27NO3. The van der Waals surface area contributed by atoms with Crippen molar-refractivity contribution in [3.63, 3.8) is 0 Å². The lowest BCUT2D eigenvalue weighted by Crippen LogP contribution is -2.40. The maximum atomic E-state index is 10.3. The fourth-order valence-corrected chi connectivity index (χ4v) is 2.18. The SMILES string of the molecule is CCC(NCC(C)(O)CCOC)c1ccccc1OC. The molecule has 1 aromatic carbocycles. The Morgan fingerprint density at radius 2 is 2.00 bits per heavy atom. The molecule has 114 valence electrons. The zero-order valence-corrected chi connectivity index (χ0v) is 13.0. The molecule has 0 radical (unpaired) electrons. The molecule has 2 unspecified atom stereocenters. The van der Waals surface area contributed by atoms with E-state index in [4.69, 9.17) is 9.47 Å². The summed E-state index contributed by atoms with van der Waals surface area (Å²) < 4.78 is 10.4. The first-order chi connectivity index (χ1) is 9.54. The highest BCUT2D eigenvalue weighted by Crippen LogP contribution is 2.27. The van der Waals surface area contributed by atoms with E-state index in [1.807, 2.05) is 25.1 Å². The van der Waals surface area contributed by atoms with E-state index in [0.717, 1.165) is 17.7 Å². The molecule has 0 saturated heterocycles. The number of aliphatic hydroxyl groups is 1. The Morgan fingerprint density at radius 3 is 2.60 bits per heavy atom. The van der Waals surface area contributed by atoms with Crippen molar-refractivity contribution >= 4 is 0 Å². The van der Waals surface area contributed by atoms with Crippen LogP contribution in [0.4, 0.5) is 0 Å². The van der Waals surface area contributed by atoms with Gasteiger partial charge in [0.05, 0.1) is 12.7 Å². The van der Waals surface area contributed by atoms with Gasteiger partial charge in [0.2, 0.25) is 0 Å². The maximum absolute atomic E-state index is 10.3. The summed E-state index contributed by atoms with van der Waals surface area (Å²) in [6.07, 6.45) is 1.54. The van der Waals surface area contributed by atoms with Gasteiger partial charge in [0.1, 0.15) is 5.75 Å². The van der Waals surface area contributed by atoms with Gasteiger partial charge in [0.25, 0.3) is 0 Å². The van der Waals surface area contributed by atoms with Crippen molar-refractivity contribution in [3.8, 4) is 5.75 Å². The molecule has 1 aromatic rings. The monoisotopic (exact) mass is 281 g/mol. The Bertz CT molecular complexity index is 393. The van der Waals surface area contributed by atoms with Crippen LogP contribution in [0.3, 0.4) is 0 Å². The van der Waals surface area contributed by atoms with Gasteiger partial charge in [-0.2, -0.15) is 0 Å². The van der Waals surface area contributed by atoms with E-state index in [2.05, 4.69) is 18.3 Å². The lowest BCUT2D eigenvalue weighted by molar-refractivity contribution is 0.0225. The number of hydrogen-bond acceptors (Lipinski definition) is 4. The first-order valence-corrected chi connectivity index (χ1v) is 7.11. The summed E-state index contributed by atoms with van der Waals surface area (Å²) in [5.74, 6) is 0.878. The third-order valence-corrected chi connectivity index (χ3v) is 3.50. The van der Waals surface area contributed by atoms with Gasteiger partial charge in [-0.15, -0.1) is 0 Å². The number of nitrogens with one attached hydrogen (secondary N) is 1. The highest BCUT2D eigenvalue weighted by molar-refractivity contribution is 5.35. The van der Waals surface area contributed by atoms with Crippen LogP contribution in [0, 0.1) is 0 Å². The minimum absolute atomic E-state index is 0.167. The van der Waals surface area contributed by atoms with Gasteiger partial charge in [-0.1, -0.05) is 25.1 Å². The van der Waals surface area contributed by atoms with Crippen LogP contribution in [0.5, 0.6) is 5.75 Å². The third kappa shape index (κ3) is 5.12. The van der Waals surface area contributed by atoms with Crippen LogP contribution in [0.25, 0.3) is 0 Å². The van der Waals surface area contributed by atoms with Crippen LogP contribution in [0.2, 0.25) is 0 Å². The number of methoxy groups -OCH3 is 2. The van der Waals surface area contributed by atoms with E-state index >= 15 is 0 Å². The molecule has 20 heavy (non-hydrogen) atoms. The van der Waals surface area contributed by atoms with Crippen molar-refractivity contribution in [3.05, 3.63) is 29.8 Å². The molecule has 4 nitrogen and oxygen atoms in total. The maximum Gasteiger partial charge on any atom is 0.123 e. The Kier molecular flexibility index (Phi) is 6.99. The highest BCUT2D eigenvalue weighted by atomic mass is 16.5. The zero-order chi connectivity index (χ0) is 15.0. The van der Waals surface area contributed by atoms with Crippen molar-refractivity contribution < 1.29 is 14.6 Å². The van der Waals surface area contributed by atoms with E-state index in [-0.39, 0.29) is 6.04 Å². The molecule has 0 aliphatic rings. The zero-order valence-electron chi connectivity index (χ0n) is 13.0. The minimum atomic E-state index is -0.772. The summed E-state index contributed by atoms with van der Waals surface area (Å²) in [5, 5.41) is 13.7. The van der Waals surface area contributed by atoms with Crippen molar-refractivity contribution in [2.75, 3.05) is 27.4 Å². The number of para-hydroxylation sites is 1. The van der Waals surface area contributed by atoms with Crippen LogP contribution in [-0.2, 0) is 4.74 Å². The van der Waals surface area contributed by atoms with Crippen LogP contribution in [-0.4, -0.2) is 38.1 Å². The van der Waals surface area contributed by atoms with E-state index in [0.29, 0.717) is 19.6 Å². The van der Waals surface area contributed by atoms with Gasteiger partial charge in [-0.25, -0.2) is 0 Å². The Morgan fingerprint density at radius 1 is 1.30 bits per heavy atom. The Hall–Kier alpha value is -1.10. The standard InChI is InChI=1S/C16H27NO3/c1-5-14(13-8-6-7-9-15(13)20-4)17-12-16(2,18)10-11-19-3/h6-9,14,17-18H,5,10-12H2,1-4H3. The smallest absolute Gasteiger partial charge is 0.123 e. The first kappa shape index (κ1) is 17.0. The average molecular weight is 281 g/mol. The van der Waals surface area contributed by atoms with Gasteiger partial charge in [-0.3, -0.25) is 0 Å². The molecule has 0 aliphatic heterocycles. The van der Waals surface area contributed by atoms with Crippen LogP contribution < -0.4 is 10.1 Å². The molecule has 0 fully saturated rings. The van der Waals surface area contributed by atoms with Crippen LogP contribution in [0.1, 0.15) is 38.3 Å². The molecule has 2 atom stereocenters. The van der Waals surface area contributed by atoms with Gasteiger partial charge >= 0.3 is 0 Å².